The normalized spacial score (nSPS) is 20.9. The van der Waals surface area contributed by atoms with Crippen LogP contribution in [0.3, 0.4) is 0 Å². The fraction of sp³-hybridized carbons (Fsp3) is 0.130. The molecule has 0 aromatic heterocycles. The highest BCUT2D eigenvalue weighted by Crippen LogP contribution is 2.55. The molecule has 2 aliphatic rings. The van der Waals surface area contributed by atoms with Gasteiger partial charge in [-0.2, -0.15) is 0 Å². The molecule has 1 spiro atoms. The Morgan fingerprint density at radius 2 is 1.46 bits per heavy atom. The van der Waals surface area contributed by atoms with Gasteiger partial charge in [-0.05, 0) is 23.8 Å². The fourth-order valence-corrected chi connectivity index (χ4v) is 5.41. The standard InChI is InChI=1S/C23H18N2O2S/c26-21-16-28-23(25(21)18-11-5-2-6-12-18)19-13-7-8-14-20(19)24(22(23)27)15-17-9-3-1-4-10-17/h1-14H,15-16H2. The van der Waals surface area contributed by atoms with E-state index in [1.165, 1.54) is 11.8 Å². The Morgan fingerprint density at radius 3 is 2.21 bits per heavy atom. The summed E-state index contributed by atoms with van der Waals surface area (Å²) >= 11 is 1.41. The molecule has 0 aliphatic carbocycles. The second-order valence-electron chi connectivity index (χ2n) is 6.89. The van der Waals surface area contributed by atoms with Crippen LogP contribution in [0.15, 0.2) is 84.9 Å². The largest absolute Gasteiger partial charge is 0.304 e. The van der Waals surface area contributed by atoms with E-state index < -0.39 is 4.87 Å². The summed E-state index contributed by atoms with van der Waals surface area (Å²) in [5.74, 6) is 0.187. The number of rotatable bonds is 3. The van der Waals surface area contributed by atoms with E-state index in [1.54, 1.807) is 4.90 Å². The van der Waals surface area contributed by atoms with Crippen LogP contribution in [0, 0.1) is 0 Å². The number of thioether (sulfide) groups is 1. The van der Waals surface area contributed by atoms with Crippen LogP contribution in [0.5, 0.6) is 0 Å². The van der Waals surface area contributed by atoms with Crippen molar-refractivity contribution in [2.75, 3.05) is 15.6 Å². The number of hydrogen-bond donors (Lipinski definition) is 0. The summed E-state index contributed by atoms with van der Waals surface area (Å²) in [6.07, 6.45) is 0. The van der Waals surface area contributed by atoms with Gasteiger partial charge in [0.25, 0.3) is 5.91 Å². The first kappa shape index (κ1) is 17.1. The monoisotopic (exact) mass is 386 g/mol. The van der Waals surface area contributed by atoms with Gasteiger partial charge in [-0.15, -0.1) is 11.8 Å². The molecule has 4 nitrogen and oxygen atoms in total. The Bertz CT molecular complexity index is 1050. The molecule has 28 heavy (non-hydrogen) atoms. The minimum absolute atomic E-state index is 0.0408. The third-order valence-corrected chi connectivity index (χ3v) is 6.65. The summed E-state index contributed by atoms with van der Waals surface area (Å²) in [6.45, 7) is 0.482. The van der Waals surface area contributed by atoms with Gasteiger partial charge in [0.2, 0.25) is 10.8 Å². The highest BCUT2D eigenvalue weighted by Gasteiger charge is 2.60. The van der Waals surface area contributed by atoms with Crippen LogP contribution in [0.1, 0.15) is 11.1 Å². The zero-order chi connectivity index (χ0) is 19.1. The van der Waals surface area contributed by atoms with Crippen molar-refractivity contribution in [2.24, 2.45) is 0 Å². The lowest BCUT2D eigenvalue weighted by atomic mass is 10.0. The van der Waals surface area contributed by atoms with Crippen LogP contribution in [-0.2, 0) is 21.0 Å². The molecule has 0 radical (unpaired) electrons. The van der Waals surface area contributed by atoms with Gasteiger partial charge in [0.1, 0.15) is 0 Å². The fourth-order valence-electron chi connectivity index (χ4n) is 4.06. The van der Waals surface area contributed by atoms with E-state index in [0.29, 0.717) is 6.54 Å². The predicted molar refractivity (Wildman–Crippen MR) is 112 cm³/mol. The number of fused-ring (bicyclic) bond motifs is 2. The first-order chi connectivity index (χ1) is 13.7. The average Bonchev–Trinajstić information content (AvgIpc) is 3.21. The second kappa shape index (κ2) is 6.53. The van der Waals surface area contributed by atoms with E-state index in [9.17, 15) is 9.59 Å². The van der Waals surface area contributed by atoms with E-state index in [-0.39, 0.29) is 17.6 Å². The molecule has 2 heterocycles. The number of nitrogens with zero attached hydrogens (tertiary/aromatic N) is 2. The van der Waals surface area contributed by atoms with Gasteiger partial charge < -0.3 is 4.90 Å². The van der Waals surface area contributed by atoms with Crippen LogP contribution < -0.4 is 9.80 Å². The summed E-state index contributed by atoms with van der Waals surface area (Å²) in [5.41, 5.74) is 3.57. The van der Waals surface area contributed by atoms with Crippen molar-refractivity contribution in [2.45, 2.75) is 11.4 Å². The van der Waals surface area contributed by atoms with Crippen molar-refractivity contribution in [1.82, 2.24) is 0 Å². The van der Waals surface area contributed by atoms with Crippen molar-refractivity contribution in [3.8, 4) is 0 Å². The van der Waals surface area contributed by atoms with Crippen LogP contribution in [0.2, 0.25) is 0 Å². The highest BCUT2D eigenvalue weighted by atomic mass is 32.2. The molecule has 138 valence electrons. The van der Waals surface area contributed by atoms with Gasteiger partial charge in [-0.3, -0.25) is 14.5 Å². The van der Waals surface area contributed by atoms with Crippen molar-refractivity contribution >= 4 is 35.0 Å². The molecular formula is C23H18N2O2S. The Balaban J connectivity index is 1.66. The molecule has 1 fully saturated rings. The van der Waals surface area contributed by atoms with Gasteiger partial charge in [0, 0.05) is 11.3 Å². The van der Waals surface area contributed by atoms with Gasteiger partial charge in [-0.25, -0.2) is 0 Å². The summed E-state index contributed by atoms with van der Waals surface area (Å²) in [6, 6.07) is 27.3. The predicted octanol–water partition coefficient (Wildman–Crippen LogP) is 4.17. The van der Waals surface area contributed by atoms with E-state index in [1.807, 2.05) is 89.8 Å². The maximum atomic E-state index is 13.8. The van der Waals surface area contributed by atoms with E-state index in [0.717, 1.165) is 22.5 Å². The van der Waals surface area contributed by atoms with Gasteiger partial charge in [-0.1, -0.05) is 66.7 Å². The zero-order valence-electron chi connectivity index (χ0n) is 15.1. The second-order valence-corrected chi connectivity index (χ2v) is 8.06. The number of amides is 2. The SMILES string of the molecule is O=C1CSC2(C(=O)N(Cc3ccccc3)c3ccccc32)N1c1ccccc1. The molecule has 0 bridgehead atoms. The molecule has 5 rings (SSSR count). The average molecular weight is 386 g/mol. The zero-order valence-corrected chi connectivity index (χ0v) is 15.9. The first-order valence-corrected chi connectivity index (χ1v) is 10.2. The van der Waals surface area contributed by atoms with E-state index in [4.69, 9.17) is 0 Å². The molecule has 2 amide bonds. The van der Waals surface area contributed by atoms with Crippen molar-refractivity contribution in [3.05, 3.63) is 96.1 Å². The Labute approximate surface area is 167 Å². The Hall–Kier alpha value is -3.05. The first-order valence-electron chi connectivity index (χ1n) is 9.19. The Morgan fingerprint density at radius 1 is 0.821 bits per heavy atom. The molecule has 1 saturated heterocycles. The maximum Gasteiger partial charge on any atom is 0.269 e. The number of para-hydroxylation sites is 2. The lowest BCUT2D eigenvalue weighted by Crippen LogP contribution is -2.49. The topological polar surface area (TPSA) is 40.6 Å². The van der Waals surface area contributed by atoms with Crippen LogP contribution in [0.4, 0.5) is 11.4 Å². The molecular weight excluding hydrogens is 368 g/mol. The van der Waals surface area contributed by atoms with Crippen LogP contribution >= 0.6 is 11.8 Å². The van der Waals surface area contributed by atoms with Crippen LogP contribution in [-0.4, -0.2) is 17.6 Å². The number of carbonyl (C=O) groups is 2. The number of hydrogen-bond acceptors (Lipinski definition) is 3. The molecule has 0 N–H and O–H groups in total. The third-order valence-electron chi connectivity index (χ3n) is 5.26. The molecule has 1 atom stereocenters. The summed E-state index contributed by atoms with van der Waals surface area (Å²) < 4.78 is 0. The van der Waals surface area contributed by atoms with Crippen LogP contribution in [0.25, 0.3) is 0 Å². The Kier molecular flexibility index (Phi) is 3.98. The summed E-state index contributed by atoms with van der Waals surface area (Å²) in [4.78, 5) is 29.2. The van der Waals surface area contributed by atoms with Crippen molar-refractivity contribution < 1.29 is 9.59 Å². The molecule has 3 aromatic carbocycles. The lowest BCUT2D eigenvalue weighted by molar-refractivity contribution is -0.123. The molecule has 5 heteroatoms. The lowest BCUT2D eigenvalue weighted by Gasteiger charge is -2.33. The summed E-state index contributed by atoms with van der Waals surface area (Å²) in [5, 5.41) is 0. The third kappa shape index (κ3) is 2.39. The van der Waals surface area contributed by atoms with Gasteiger partial charge in [0.15, 0.2) is 0 Å². The number of carbonyl (C=O) groups excluding carboxylic acids is 2. The number of benzene rings is 3. The van der Waals surface area contributed by atoms with Crippen molar-refractivity contribution in [3.63, 3.8) is 0 Å². The minimum Gasteiger partial charge on any atom is -0.304 e. The minimum atomic E-state index is -1.04. The van der Waals surface area contributed by atoms with Gasteiger partial charge >= 0.3 is 0 Å². The smallest absolute Gasteiger partial charge is 0.269 e. The van der Waals surface area contributed by atoms with E-state index in [2.05, 4.69) is 0 Å². The molecule has 3 aromatic rings. The number of anilines is 2. The quantitative estimate of drug-likeness (QED) is 0.678. The van der Waals surface area contributed by atoms with E-state index >= 15 is 0 Å². The van der Waals surface area contributed by atoms with Crippen molar-refractivity contribution in [1.29, 1.82) is 0 Å². The maximum absolute atomic E-state index is 13.8. The molecule has 0 saturated carbocycles. The van der Waals surface area contributed by atoms with Gasteiger partial charge in [0.05, 0.1) is 18.0 Å². The summed E-state index contributed by atoms with van der Waals surface area (Å²) in [7, 11) is 0. The molecule has 2 aliphatic heterocycles. The molecule has 1 unspecified atom stereocenters. The highest BCUT2D eigenvalue weighted by molar-refractivity contribution is 8.02.